The average Bonchev–Trinajstić information content (AvgIpc) is 2.58. The molecule has 1 aliphatic carbocycles. The minimum atomic E-state index is -0.418. The van der Waals surface area contributed by atoms with Crippen LogP contribution < -0.4 is 11.1 Å². The zero-order chi connectivity index (χ0) is 12.3. The molecule has 0 radical (unpaired) electrons. The summed E-state index contributed by atoms with van der Waals surface area (Å²) in [5.74, 6) is -0.348. The van der Waals surface area contributed by atoms with Gasteiger partial charge in [-0.3, -0.25) is 9.59 Å². The van der Waals surface area contributed by atoms with E-state index in [0.717, 1.165) is 12.8 Å². The van der Waals surface area contributed by atoms with E-state index in [2.05, 4.69) is 10.3 Å². The van der Waals surface area contributed by atoms with Gasteiger partial charge in [0, 0.05) is 12.5 Å². The molecule has 0 aromatic heterocycles. The number of thioether (sulfide) groups is 1. The van der Waals surface area contributed by atoms with Crippen molar-refractivity contribution in [3.05, 3.63) is 0 Å². The van der Waals surface area contributed by atoms with E-state index in [1.165, 1.54) is 31.0 Å². The molecule has 2 rings (SSSR count). The fraction of sp³-hybridized carbons (Fsp3) is 0.727. The third-order valence-electron chi connectivity index (χ3n) is 3.10. The lowest BCUT2D eigenvalue weighted by atomic mass is 9.95. The molecule has 94 valence electrons. The third-order valence-corrected chi connectivity index (χ3v) is 4.09. The topological polar surface area (TPSA) is 84.5 Å². The minimum absolute atomic E-state index is 0.0624. The molecular formula is C11H17N3O2S. The first-order valence-corrected chi connectivity index (χ1v) is 6.87. The number of rotatable bonds is 3. The smallest absolute Gasteiger partial charge is 0.262 e. The van der Waals surface area contributed by atoms with Crippen LogP contribution in [0.25, 0.3) is 0 Å². The van der Waals surface area contributed by atoms with Gasteiger partial charge in [0.25, 0.3) is 5.91 Å². The van der Waals surface area contributed by atoms with Crippen LogP contribution in [0.2, 0.25) is 0 Å². The van der Waals surface area contributed by atoms with Crippen molar-refractivity contribution in [2.45, 2.75) is 49.8 Å². The normalized spacial score (nSPS) is 25.8. The molecule has 0 aromatic carbocycles. The molecule has 3 N–H and O–H groups in total. The van der Waals surface area contributed by atoms with Gasteiger partial charge in [-0.2, -0.15) is 4.99 Å². The highest BCUT2D eigenvalue weighted by molar-refractivity contribution is 8.15. The summed E-state index contributed by atoms with van der Waals surface area (Å²) in [5, 5.41) is 2.84. The van der Waals surface area contributed by atoms with E-state index in [-0.39, 0.29) is 29.4 Å². The Labute approximate surface area is 105 Å². The number of amidine groups is 1. The number of carbonyl (C=O) groups is 2. The molecule has 0 saturated heterocycles. The van der Waals surface area contributed by atoms with Gasteiger partial charge in [-0.15, -0.1) is 0 Å². The Bertz CT molecular complexity index is 351. The fourth-order valence-electron chi connectivity index (χ4n) is 2.23. The average molecular weight is 255 g/mol. The Kier molecular flexibility index (Phi) is 4.04. The van der Waals surface area contributed by atoms with Crippen molar-refractivity contribution < 1.29 is 9.59 Å². The number of nitrogens with one attached hydrogen (secondary N) is 1. The third kappa shape index (κ3) is 3.46. The Morgan fingerprint density at radius 2 is 2.12 bits per heavy atom. The quantitative estimate of drug-likeness (QED) is 0.780. The summed E-state index contributed by atoms with van der Waals surface area (Å²) in [5.41, 5.74) is 5.44. The summed E-state index contributed by atoms with van der Waals surface area (Å²) < 4.78 is 0. The maximum absolute atomic E-state index is 11.8. The molecule has 0 aromatic rings. The molecule has 0 bridgehead atoms. The molecule has 1 unspecified atom stereocenters. The lowest BCUT2D eigenvalue weighted by molar-refractivity contribution is -0.125. The van der Waals surface area contributed by atoms with Gasteiger partial charge < -0.3 is 11.1 Å². The zero-order valence-electron chi connectivity index (χ0n) is 9.65. The van der Waals surface area contributed by atoms with Gasteiger partial charge in [-0.25, -0.2) is 0 Å². The molecule has 2 aliphatic rings. The maximum Gasteiger partial charge on any atom is 0.262 e. The number of nitrogens with two attached hydrogens (primary N) is 1. The van der Waals surface area contributed by atoms with Crippen LogP contribution in [0.1, 0.15) is 38.5 Å². The Morgan fingerprint density at radius 1 is 1.41 bits per heavy atom. The Morgan fingerprint density at radius 3 is 2.71 bits per heavy atom. The molecule has 1 atom stereocenters. The Balaban J connectivity index is 1.76. The SMILES string of the molecule is NC1=NC(=O)C(CC(=O)NC2CCCCC2)S1. The maximum atomic E-state index is 11.8. The first-order valence-electron chi connectivity index (χ1n) is 5.99. The van der Waals surface area contributed by atoms with E-state index in [4.69, 9.17) is 5.73 Å². The van der Waals surface area contributed by atoms with Crippen molar-refractivity contribution in [3.8, 4) is 0 Å². The van der Waals surface area contributed by atoms with Crippen molar-refractivity contribution in [3.63, 3.8) is 0 Å². The number of aliphatic imine (C=N–C) groups is 1. The van der Waals surface area contributed by atoms with Crippen LogP contribution in [-0.2, 0) is 9.59 Å². The predicted octanol–water partition coefficient (Wildman–Crippen LogP) is 0.782. The highest BCUT2D eigenvalue weighted by Gasteiger charge is 2.29. The van der Waals surface area contributed by atoms with Gasteiger partial charge in [0.2, 0.25) is 5.91 Å². The lowest BCUT2D eigenvalue weighted by Gasteiger charge is -2.23. The van der Waals surface area contributed by atoms with Crippen LogP contribution in [0.4, 0.5) is 0 Å². The monoisotopic (exact) mass is 255 g/mol. The molecule has 1 heterocycles. The number of nitrogens with zero attached hydrogens (tertiary/aromatic N) is 1. The highest BCUT2D eigenvalue weighted by Crippen LogP contribution is 2.23. The predicted molar refractivity (Wildman–Crippen MR) is 67.6 cm³/mol. The summed E-state index contributed by atoms with van der Waals surface area (Å²) in [6.07, 6.45) is 5.90. The summed E-state index contributed by atoms with van der Waals surface area (Å²) in [4.78, 5) is 26.7. The van der Waals surface area contributed by atoms with Crippen LogP contribution in [-0.4, -0.2) is 28.3 Å². The number of hydrogen-bond donors (Lipinski definition) is 2. The van der Waals surface area contributed by atoms with E-state index in [0.29, 0.717) is 0 Å². The van der Waals surface area contributed by atoms with Crippen LogP contribution in [0.3, 0.4) is 0 Å². The first-order chi connectivity index (χ1) is 8.15. The van der Waals surface area contributed by atoms with Gasteiger partial charge >= 0.3 is 0 Å². The van der Waals surface area contributed by atoms with Gasteiger partial charge in [0.05, 0.1) is 0 Å². The lowest BCUT2D eigenvalue weighted by Crippen LogP contribution is -2.38. The van der Waals surface area contributed by atoms with Gasteiger partial charge in [0.1, 0.15) is 5.25 Å². The van der Waals surface area contributed by atoms with Gasteiger partial charge in [0.15, 0.2) is 5.17 Å². The van der Waals surface area contributed by atoms with Crippen molar-refractivity contribution in [2.75, 3.05) is 0 Å². The van der Waals surface area contributed by atoms with E-state index in [1.54, 1.807) is 0 Å². The Hall–Kier alpha value is -1.04. The van der Waals surface area contributed by atoms with Gasteiger partial charge in [-0.05, 0) is 12.8 Å². The van der Waals surface area contributed by atoms with E-state index >= 15 is 0 Å². The molecule has 17 heavy (non-hydrogen) atoms. The van der Waals surface area contributed by atoms with E-state index in [9.17, 15) is 9.59 Å². The summed E-state index contributed by atoms with van der Waals surface area (Å²) in [7, 11) is 0. The zero-order valence-corrected chi connectivity index (χ0v) is 10.5. The van der Waals surface area contributed by atoms with E-state index in [1.807, 2.05) is 0 Å². The molecule has 1 aliphatic heterocycles. The molecule has 5 nitrogen and oxygen atoms in total. The molecule has 6 heteroatoms. The summed E-state index contributed by atoms with van der Waals surface area (Å²) in [6, 6.07) is 0.288. The summed E-state index contributed by atoms with van der Waals surface area (Å²) >= 11 is 1.18. The molecule has 1 saturated carbocycles. The number of carbonyl (C=O) groups excluding carboxylic acids is 2. The second-order valence-corrected chi connectivity index (χ2v) is 5.72. The standard InChI is InChI=1S/C11H17N3O2S/c12-11-14-10(16)8(17-11)6-9(15)13-7-4-2-1-3-5-7/h7-8H,1-6H2,(H,13,15)(H2,12,14,16). The minimum Gasteiger partial charge on any atom is -0.378 e. The second-order valence-electron chi connectivity index (χ2n) is 4.50. The van der Waals surface area contributed by atoms with Crippen molar-refractivity contribution in [2.24, 2.45) is 10.7 Å². The van der Waals surface area contributed by atoms with Crippen molar-refractivity contribution >= 4 is 28.7 Å². The van der Waals surface area contributed by atoms with Crippen LogP contribution in [0.15, 0.2) is 4.99 Å². The van der Waals surface area contributed by atoms with Crippen LogP contribution in [0.5, 0.6) is 0 Å². The molecular weight excluding hydrogens is 238 g/mol. The van der Waals surface area contributed by atoms with Gasteiger partial charge in [-0.1, -0.05) is 31.0 Å². The van der Waals surface area contributed by atoms with Crippen molar-refractivity contribution in [1.82, 2.24) is 5.32 Å². The molecule has 2 amide bonds. The van der Waals surface area contributed by atoms with Crippen molar-refractivity contribution in [1.29, 1.82) is 0 Å². The second kappa shape index (κ2) is 5.53. The van der Waals surface area contributed by atoms with Crippen LogP contribution >= 0.6 is 11.8 Å². The summed E-state index contributed by atoms with van der Waals surface area (Å²) in [6.45, 7) is 0. The highest BCUT2D eigenvalue weighted by atomic mass is 32.2. The number of amides is 2. The largest absolute Gasteiger partial charge is 0.378 e. The molecule has 0 spiro atoms. The number of hydrogen-bond acceptors (Lipinski definition) is 4. The first kappa shape index (κ1) is 12.4. The molecule has 1 fully saturated rings. The fourth-order valence-corrected chi connectivity index (χ4v) is 3.06. The van der Waals surface area contributed by atoms with Crippen LogP contribution in [0, 0.1) is 0 Å². The van der Waals surface area contributed by atoms with E-state index < -0.39 is 5.25 Å².